The van der Waals surface area contributed by atoms with Gasteiger partial charge in [0.1, 0.15) is 0 Å². The van der Waals surface area contributed by atoms with E-state index in [1.165, 1.54) is 12.1 Å². The smallest absolute Gasteiger partial charge is 0.335 e. The molecule has 0 bridgehead atoms. The van der Waals surface area contributed by atoms with E-state index in [0.717, 1.165) is 13.0 Å². The van der Waals surface area contributed by atoms with Crippen LogP contribution in [0.4, 0.5) is 0 Å². The van der Waals surface area contributed by atoms with Gasteiger partial charge in [-0.3, -0.25) is 4.79 Å². The van der Waals surface area contributed by atoms with Crippen LogP contribution >= 0.6 is 0 Å². The molecule has 2 fully saturated rings. The van der Waals surface area contributed by atoms with E-state index in [1.807, 2.05) is 0 Å². The van der Waals surface area contributed by atoms with Gasteiger partial charge < -0.3 is 15.2 Å². The third-order valence-electron chi connectivity index (χ3n) is 4.78. The van der Waals surface area contributed by atoms with E-state index in [9.17, 15) is 9.59 Å². The van der Waals surface area contributed by atoms with Crippen molar-refractivity contribution in [2.24, 2.45) is 11.3 Å². The van der Waals surface area contributed by atoms with Crippen molar-refractivity contribution in [3.05, 3.63) is 35.4 Å². The lowest BCUT2D eigenvalue weighted by Gasteiger charge is -2.54. The highest BCUT2D eigenvalue weighted by Crippen LogP contribution is 2.52. The van der Waals surface area contributed by atoms with Gasteiger partial charge in [0.2, 0.25) is 0 Å². The number of benzene rings is 1. The number of aromatic carboxylic acids is 1. The van der Waals surface area contributed by atoms with Crippen LogP contribution in [0.3, 0.4) is 0 Å². The van der Waals surface area contributed by atoms with Crippen molar-refractivity contribution in [3.63, 3.8) is 0 Å². The summed E-state index contributed by atoms with van der Waals surface area (Å²) in [5.41, 5.74) is 0.607. The van der Waals surface area contributed by atoms with Crippen molar-refractivity contribution >= 4 is 11.9 Å². The third-order valence-corrected chi connectivity index (χ3v) is 4.78. The predicted molar refractivity (Wildman–Crippen MR) is 76.3 cm³/mol. The molecule has 5 heteroatoms. The van der Waals surface area contributed by atoms with E-state index in [0.29, 0.717) is 11.5 Å². The highest BCUT2D eigenvalue weighted by Gasteiger charge is 2.59. The first-order valence-corrected chi connectivity index (χ1v) is 7.17. The van der Waals surface area contributed by atoms with Crippen LogP contribution in [0, 0.1) is 11.3 Å². The van der Waals surface area contributed by atoms with Crippen LogP contribution < -0.4 is 5.32 Å². The number of rotatable bonds is 3. The van der Waals surface area contributed by atoms with Gasteiger partial charge in [-0.25, -0.2) is 4.79 Å². The average Bonchev–Trinajstić information content (AvgIpc) is 2.91. The van der Waals surface area contributed by atoms with Gasteiger partial charge in [-0.05, 0) is 30.7 Å². The molecule has 1 aromatic carbocycles. The molecule has 2 N–H and O–H groups in total. The summed E-state index contributed by atoms with van der Waals surface area (Å²) in [6.07, 6.45) is 1.22. The van der Waals surface area contributed by atoms with Gasteiger partial charge in [0.15, 0.2) is 0 Å². The molecule has 2 aliphatic rings. The van der Waals surface area contributed by atoms with E-state index in [4.69, 9.17) is 9.84 Å². The van der Waals surface area contributed by atoms with Gasteiger partial charge in [-0.15, -0.1) is 0 Å². The summed E-state index contributed by atoms with van der Waals surface area (Å²) in [5, 5.41) is 11.9. The minimum Gasteiger partial charge on any atom is -0.478 e. The van der Waals surface area contributed by atoms with Crippen LogP contribution in [-0.2, 0) is 4.74 Å². The molecule has 3 rings (SSSR count). The number of carboxylic acids is 1. The molecule has 1 aromatic rings. The number of ether oxygens (including phenoxy) is 1. The van der Waals surface area contributed by atoms with Crippen LogP contribution in [0.1, 0.15) is 41.0 Å². The van der Waals surface area contributed by atoms with Crippen molar-refractivity contribution in [2.45, 2.75) is 32.4 Å². The topological polar surface area (TPSA) is 75.6 Å². The van der Waals surface area contributed by atoms with E-state index >= 15 is 0 Å². The molecule has 1 saturated heterocycles. The molecule has 0 spiro atoms. The van der Waals surface area contributed by atoms with E-state index < -0.39 is 5.97 Å². The number of fused-ring (bicyclic) bond motifs is 1. The molecule has 1 amide bonds. The first-order chi connectivity index (χ1) is 9.91. The molecule has 1 saturated carbocycles. The zero-order chi connectivity index (χ0) is 15.2. The van der Waals surface area contributed by atoms with Gasteiger partial charge in [0, 0.05) is 29.5 Å². The SMILES string of the molecule is CC1(C)[C@H](NC(=O)c2ccc(C(=O)O)cc2)[C@@H]2CCO[C@H]21. The Morgan fingerprint density at radius 1 is 1.24 bits per heavy atom. The Labute approximate surface area is 123 Å². The molecule has 3 atom stereocenters. The molecule has 1 aliphatic heterocycles. The Balaban J connectivity index is 1.70. The largest absolute Gasteiger partial charge is 0.478 e. The van der Waals surface area contributed by atoms with Crippen molar-refractivity contribution < 1.29 is 19.4 Å². The van der Waals surface area contributed by atoms with E-state index in [2.05, 4.69) is 19.2 Å². The Morgan fingerprint density at radius 2 is 1.86 bits per heavy atom. The van der Waals surface area contributed by atoms with Gasteiger partial charge in [0.25, 0.3) is 5.91 Å². The average molecular weight is 289 g/mol. The summed E-state index contributed by atoms with van der Waals surface area (Å²) >= 11 is 0. The van der Waals surface area contributed by atoms with Crippen molar-refractivity contribution in [2.75, 3.05) is 6.61 Å². The van der Waals surface area contributed by atoms with Gasteiger partial charge in [0.05, 0.1) is 11.7 Å². The fraction of sp³-hybridized carbons (Fsp3) is 0.500. The Kier molecular flexibility index (Phi) is 3.24. The summed E-state index contributed by atoms with van der Waals surface area (Å²) in [6, 6.07) is 6.10. The number of hydrogen-bond donors (Lipinski definition) is 2. The number of carbonyl (C=O) groups excluding carboxylic acids is 1. The van der Waals surface area contributed by atoms with Crippen molar-refractivity contribution in [1.82, 2.24) is 5.32 Å². The zero-order valence-corrected chi connectivity index (χ0v) is 12.1. The number of nitrogens with one attached hydrogen (secondary N) is 1. The summed E-state index contributed by atoms with van der Waals surface area (Å²) in [6.45, 7) is 4.98. The van der Waals surface area contributed by atoms with E-state index in [1.54, 1.807) is 12.1 Å². The maximum Gasteiger partial charge on any atom is 0.335 e. The Morgan fingerprint density at radius 3 is 2.48 bits per heavy atom. The first kappa shape index (κ1) is 14.1. The molecule has 0 aromatic heterocycles. The maximum absolute atomic E-state index is 12.3. The van der Waals surface area contributed by atoms with Gasteiger partial charge in [-0.2, -0.15) is 0 Å². The fourth-order valence-corrected chi connectivity index (χ4v) is 3.61. The fourth-order valence-electron chi connectivity index (χ4n) is 3.61. The molecule has 5 nitrogen and oxygen atoms in total. The Bertz CT molecular complexity index is 578. The molecule has 1 aliphatic carbocycles. The second kappa shape index (κ2) is 4.84. The highest BCUT2D eigenvalue weighted by molar-refractivity contribution is 5.96. The predicted octanol–water partition coefficient (Wildman–Crippen LogP) is 1.93. The summed E-state index contributed by atoms with van der Waals surface area (Å²) in [5.74, 6) is -0.759. The number of amides is 1. The second-order valence-electron chi connectivity index (χ2n) is 6.40. The zero-order valence-electron chi connectivity index (χ0n) is 12.1. The quantitative estimate of drug-likeness (QED) is 0.891. The molecular weight excluding hydrogens is 270 g/mol. The molecule has 0 radical (unpaired) electrons. The number of hydrogen-bond acceptors (Lipinski definition) is 3. The minimum atomic E-state index is -0.993. The normalized spacial score (nSPS) is 29.3. The summed E-state index contributed by atoms with van der Waals surface area (Å²) in [7, 11) is 0. The standard InChI is InChI=1S/C16H19NO4/c1-16(2)12(11-7-8-21-13(11)16)17-14(18)9-3-5-10(6-4-9)15(19)20/h3-6,11-13H,7-8H2,1-2H3,(H,17,18)(H,19,20)/t11-,12+,13+/m0/s1. The van der Waals surface area contributed by atoms with Gasteiger partial charge in [-0.1, -0.05) is 13.8 Å². The van der Waals surface area contributed by atoms with Crippen LogP contribution in [-0.4, -0.2) is 35.7 Å². The van der Waals surface area contributed by atoms with Crippen molar-refractivity contribution in [3.8, 4) is 0 Å². The number of carbonyl (C=O) groups is 2. The second-order valence-corrected chi connectivity index (χ2v) is 6.40. The molecule has 1 heterocycles. The minimum absolute atomic E-state index is 0.0577. The number of carboxylic acid groups (broad SMARTS) is 1. The molecule has 0 unspecified atom stereocenters. The Hall–Kier alpha value is -1.88. The molecular formula is C16H19NO4. The van der Waals surface area contributed by atoms with Crippen molar-refractivity contribution in [1.29, 1.82) is 0 Å². The molecule has 112 valence electrons. The molecule has 21 heavy (non-hydrogen) atoms. The van der Waals surface area contributed by atoms with Crippen LogP contribution in [0.5, 0.6) is 0 Å². The summed E-state index contributed by atoms with van der Waals surface area (Å²) in [4.78, 5) is 23.1. The lowest BCUT2D eigenvalue weighted by Crippen LogP contribution is -2.66. The van der Waals surface area contributed by atoms with Gasteiger partial charge >= 0.3 is 5.97 Å². The third kappa shape index (κ3) is 2.21. The van der Waals surface area contributed by atoms with Crippen LogP contribution in [0.25, 0.3) is 0 Å². The van der Waals surface area contributed by atoms with Crippen LogP contribution in [0.15, 0.2) is 24.3 Å². The first-order valence-electron chi connectivity index (χ1n) is 7.17. The highest BCUT2D eigenvalue weighted by atomic mass is 16.5. The van der Waals surface area contributed by atoms with E-state index in [-0.39, 0.29) is 29.0 Å². The lowest BCUT2D eigenvalue weighted by atomic mass is 9.57. The van der Waals surface area contributed by atoms with Crippen LogP contribution in [0.2, 0.25) is 0 Å². The lowest BCUT2D eigenvalue weighted by molar-refractivity contribution is -0.108. The monoisotopic (exact) mass is 289 g/mol. The maximum atomic E-state index is 12.3. The summed E-state index contributed by atoms with van der Waals surface area (Å²) < 4.78 is 5.71.